The van der Waals surface area contributed by atoms with Crippen molar-refractivity contribution in [1.29, 1.82) is 0 Å². The number of aliphatic imine (C=N–C) groups is 1. The van der Waals surface area contributed by atoms with E-state index >= 15 is 0 Å². The number of amides is 2. The molecule has 0 aliphatic carbocycles. The Hall–Kier alpha value is -4.30. The molecule has 8 heteroatoms. The van der Waals surface area contributed by atoms with Crippen LogP contribution in [0.4, 0.5) is 10.1 Å². The van der Waals surface area contributed by atoms with Crippen LogP contribution in [0, 0.1) is 11.7 Å². The molecular formula is C34H35FN4O3. The lowest BCUT2D eigenvalue weighted by Gasteiger charge is -2.28. The average molecular weight is 567 g/mol. The third-order valence-electron chi connectivity index (χ3n) is 8.43. The van der Waals surface area contributed by atoms with E-state index in [1.54, 1.807) is 19.2 Å². The smallest absolute Gasteiger partial charge is 0.237 e. The van der Waals surface area contributed by atoms with E-state index < -0.39 is 0 Å². The predicted octanol–water partition coefficient (Wildman–Crippen LogP) is 4.80. The van der Waals surface area contributed by atoms with Gasteiger partial charge in [-0.1, -0.05) is 24.3 Å². The summed E-state index contributed by atoms with van der Waals surface area (Å²) in [5.41, 5.74) is 7.11. The number of nitrogens with zero attached hydrogens (tertiary/aromatic N) is 3. The molecule has 1 fully saturated rings. The SMILES string of the molecule is COc1ccc(C2=NCCc3ccc(NC(=O)[C@@H]4CCN(CC(=O)N5CC=C(c6ccc(F)cc6)CC5)C4)cc32)cc1. The molecule has 0 saturated carbocycles. The summed E-state index contributed by atoms with van der Waals surface area (Å²) in [4.78, 5) is 35.0. The average Bonchev–Trinajstić information content (AvgIpc) is 3.50. The largest absolute Gasteiger partial charge is 0.497 e. The number of halogens is 1. The zero-order valence-electron chi connectivity index (χ0n) is 23.8. The first kappa shape index (κ1) is 27.8. The third-order valence-corrected chi connectivity index (χ3v) is 8.43. The lowest BCUT2D eigenvalue weighted by Crippen LogP contribution is -2.41. The topological polar surface area (TPSA) is 74.2 Å². The van der Waals surface area contributed by atoms with Gasteiger partial charge in [-0.15, -0.1) is 0 Å². The molecule has 3 aromatic carbocycles. The van der Waals surface area contributed by atoms with E-state index in [1.807, 2.05) is 41.3 Å². The molecule has 3 aliphatic heterocycles. The standard InChI is InChI=1S/C34H35FN4O3/c1-42-30-10-5-26(6-11-30)33-31-20-29(9-4-25(31)12-16-36-33)37-34(41)27-13-17-38(21-27)22-32(40)39-18-14-24(15-19-39)23-2-7-28(35)8-3-23/h2-11,14,20,27H,12-13,15-19,21-22H2,1H3,(H,37,41)/t27-/m1/s1. The van der Waals surface area contributed by atoms with E-state index in [1.165, 1.54) is 17.7 Å². The Bertz CT molecular complexity index is 1530. The molecule has 0 spiro atoms. The first-order valence-electron chi connectivity index (χ1n) is 14.5. The van der Waals surface area contributed by atoms with E-state index in [4.69, 9.17) is 9.73 Å². The molecule has 6 rings (SSSR count). The quantitative estimate of drug-likeness (QED) is 0.446. The molecule has 3 aromatic rings. The number of likely N-dealkylation sites (tertiary alicyclic amines) is 1. The zero-order valence-corrected chi connectivity index (χ0v) is 23.8. The summed E-state index contributed by atoms with van der Waals surface area (Å²) in [6, 6.07) is 20.5. The van der Waals surface area contributed by atoms with Crippen LogP contribution in [-0.2, 0) is 16.0 Å². The molecule has 3 aliphatic rings. The van der Waals surface area contributed by atoms with Gasteiger partial charge in [0.05, 0.1) is 25.3 Å². The number of fused-ring (bicyclic) bond motifs is 1. The van der Waals surface area contributed by atoms with Gasteiger partial charge in [0.2, 0.25) is 11.8 Å². The Balaban J connectivity index is 1.03. The Labute approximate surface area is 245 Å². The van der Waals surface area contributed by atoms with Crippen LogP contribution < -0.4 is 10.1 Å². The zero-order chi connectivity index (χ0) is 29.1. The highest BCUT2D eigenvalue weighted by molar-refractivity contribution is 6.15. The second-order valence-corrected chi connectivity index (χ2v) is 11.1. The number of methoxy groups -OCH3 is 1. The maximum absolute atomic E-state index is 13.2. The van der Waals surface area contributed by atoms with Crippen molar-refractivity contribution in [2.45, 2.75) is 19.3 Å². The third kappa shape index (κ3) is 6.14. The molecule has 1 atom stereocenters. The molecule has 3 heterocycles. The molecule has 2 amide bonds. The number of rotatable bonds is 7. The number of carbonyl (C=O) groups is 2. The van der Waals surface area contributed by atoms with Crippen molar-refractivity contribution in [3.05, 3.63) is 101 Å². The van der Waals surface area contributed by atoms with Gasteiger partial charge >= 0.3 is 0 Å². The molecule has 0 unspecified atom stereocenters. The summed E-state index contributed by atoms with van der Waals surface area (Å²) < 4.78 is 18.5. The molecule has 0 aromatic heterocycles. The summed E-state index contributed by atoms with van der Waals surface area (Å²) in [7, 11) is 1.65. The lowest BCUT2D eigenvalue weighted by molar-refractivity contribution is -0.132. The highest BCUT2D eigenvalue weighted by atomic mass is 19.1. The Morgan fingerprint density at radius 2 is 1.79 bits per heavy atom. The van der Waals surface area contributed by atoms with Crippen LogP contribution in [0.2, 0.25) is 0 Å². The second kappa shape index (κ2) is 12.3. The predicted molar refractivity (Wildman–Crippen MR) is 162 cm³/mol. The van der Waals surface area contributed by atoms with Gasteiger partial charge in [-0.3, -0.25) is 19.5 Å². The van der Waals surface area contributed by atoms with Crippen LogP contribution in [-0.4, -0.2) is 73.7 Å². The molecule has 7 nitrogen and oxygen atoms in total. The van der Waals surface area contributed by atoms with Gasteiger partial charge in [-0.2, -0.15) is 0 Å². The van der Waals surface area contributed by atoms with Gasteiger partial charge in [0.15, 0.2) is 0 Å². The highest BCUT2D eigenvalue weighted by Crippen LogP contribution is 2.27. The van der Waals surface area contributed by atoms with Gasteiger partial charge in [0.25, 0.3) is 0 Å². The van der Waals surface area contributed by atoms with Crippen LogP contribution in [0.3, 0.4) is 0 Å². The highest BCUT2D eigenvalue weighted by Gasteiger charge is 2.31. The van der Waals surface area contributed by atoms with E-state index in [-0.39, 0.29) is 23.5 Å². The minimum Gasteiger partial charge on any atom is -0.497 e. The fourth-order valence-electron chi connectivity index (χ4n) is 6.01. The maximum atomic E-state index is 13.2. The van der Waals surface area contributed by atoms with E-state index in [0.717, 1.165) is 65.2 Å². The van der Waals surface area contributed by atoms with Gasteiger partial charge in [-0.05, 0) is 91.0 Å². The van der Waals surface area contributed by atoms with Crippen LogP contribution in [0.15, 0.2) is 77.8 Å². The summed E-state index contributed by atoms with van der Waals surface area (Å²) >= 11 is 0. The number of ether oxygens (including phenoxy) is 1. The van der Waals surface area contributed by atoms with Crippen molar-refractivity contribution < 1.29 is 18.7 Å². The van der Waals surface area contributed by atoms with E-state index in [9.17, 15) is 14.0 Å². The number of carbonyl (C=O) groups excluding carboxylic acids is 2. The first-order valence-corrected chi connectivity index (χ1v) is 14.5. The lowest BCUT2D eigenvalue weighted by atomic mass is 9.92. The van der Waals surface area contributed by atoms with Gasteiger partial charge in [-0.25, -0.2) is 4.39 Å². The van der Waals surface area contributed by atoms with Crippen LogP contribution in [0.5, 0.6) is 5.75 Å². The van der Waals surface area contributed by atoms with E-state index in [2.05, 4.69) is 22.4 Å². The summed E-state index contributed by atoms with van der Waals surface area (Å²) in [5.74, 6) is 0.432. The number of anilines is 1. The van der Waals surface area contributed by atoms with Crippen molar-refractivity contribution in [3.8, 4) is 5.75 Å². The molecule has 0 radical (unpaired) electrons. The normalized spacial score (nSPS) is 18.6. The number of benzene rings is 3. The van der Waals surface area contributed by atoms with Crippen molar-refractivity contribution in [3.63, 3.8) is 0 Å². The fourth-order valence-corrected chi connectivity index (χ4v) is 6.01. The van der Waals surface area contributed by atoms with Crippen molar-refractivity contribution in [2.24, 2.45) is 10.9 Å². The summed E-state index contributed by atoms with van der Waals surface area (Å²) in [6.45, 7) is 3.51. The maximum Gasteiger partial charge on any atom is 0.237 e. The first-order chi connectivity index (χ1) is 20.5. The molecule has 1 N–H and O–H groups in total. The Morgan fingerprint density at radius 1 is 1.00 bits per heavy atom. The van der Waals surface area contributed by atoms with Gasteiger partial charge in [0.1, 0.15) is 11.6 Å². The molecule has 1 saturated heterocycles. The number of hydrogen-bond donors (Lipinski definition) is 1. The second-order valence-electron chi connectivity index (χ2n) is 11.1. The van der Waals surface area contributed by atoms with Gasteiger partial charge < -0.3 is 15.0 Å². The molecule has 0 bridgehead atoms. The number of nitrogens with one attached hydrogen (secondary N) is 1. The molecule has 216 valence electrons. The van der Waals surface area contributed by atoms with Crippen LogP contribution in [0.25, 0.3) is 5.57 Å². The van der Waals surface area contributed by atoms with Crippen molar-refractivity contribution in [2.75, 3.05) is 51.7 Å². The minimum absolute atomic E-state index is 0.0199. The van der Waals surface area contributed by atoms with Crippen LogP contribution >= 0.6 is 0 Å². The molecule has 42 heavy (non-hydrogen) atoms. The van der Waals surface area contributed by atoms with Crippen LogP contribution in [0.1, 0.15) is 35.1 Å². The Kier molecular flexibility index (Phi) is 8.15. The Morgan fingerprint density at radius 3 is 2.52 bits per heavy atom. The monoisotopic (exact) mass is 566 g/mol. The molecular weight excluding hydrogens is 531 g/mol. The van der Waals surface area contributed by atoms with E-state index in [0.29, 0.717) is 32.7 Å². The van der Waals surface area contributed by atoms with Gasteiger partial charge in [0, 0.05) is 43.0 Å². The summed E-state index contributed by atoms with van der Waals surface area (Å²) in [6.07, 6.45) is 4.39. The van der Waals surface area contributed by atoms with Crippen molar-refractivity contribution >= 4 is 28.8 Å². The minimum atomic E-state index is -0.249. The fraction of sp³-hybridized carbons (Fsp3) is 0.324. The van der Waals surface area contributed by atoms with Crippen molar-refractivity contribution in [1.82, 2.24) is 9.80 Å². The number of hydrogen-bond acceptors (Lipinski definition) is 5. The summed E-state index contributed by atoms with van der Waals surface area (Å²) in [5, 5.41) is 3.12.